The van der Waals surface area contributed by atoms with Gasteiger partial charge in [-0.15, -0.1) is 0 Å². The highest BCUT2D eigenvalue weighted by Gasteiger charge is 2.48. The molecule has 74 valence electrons. The minimum Gasteiger partial charge on any atom is -0.460 e. The lowest BCUT2D eigenvalue weighted by molar-refractivity contribution is -0.160. The van der Waals surface area contributed by atoms with Crippen molar-refractivity contribution in [3.8, 4) is 0 Å². The van der Waals surface area contributed by atoms with Gasteiger partial charge in [-0.3, -0.25) is 4.79 Å². The summed E-state index contributed by atoms with van der Waals surface area (Å²) in [5, 5.41) is 0. The molecule has 0 spiro atoms. The zero-order chi connectivity index (χ0) is 9.64. The Morgan fingerprint density at radius 1 is 1.23 bits per heavy atom. The van der Waals surface area contributed by atoms with E-state index < -0.39 is 0 Å². The molecule has 2 heteroatoms. The van der Waals surface area contributed by atoms with Crippen LogP contribution in [0.15, 0.2) is 0 Å². The normalized spacial score (nSPS) is 37.0. The fourth-order valence-electron chi connectivity index (χ4n) is 2.53. The molecule has 3 rings (SSSR count). The molecule has 0 aromatic carbocycles. The molecule has 0 aromatic heterocycles. The van der Waals surface area contributed by atoms with E-state index in [1.807, 2.05) is 20.8 Å². The van der Waals surface area contributed by atoms with Crippen molar-refractivity contribution in [1.29, 1.82) is 0 Å². The smallest absolute Gasteiger partial charge is 0.309 e. The quantitative estimate of drug-likeness (QED) is 0.582. The summed E-state index contributed by atoms with van der Waals surface area (Å²) < 4.78 is 5.38. The van der Waals surface area contributed by atoms with Crippen molar-refractivity contribution in [3.05, 3.63) is 0 Å². The second-order valence-corrected chi connectivity index (χ2v) is 5.47. The Bertz CT molecular complexity index is 221. The Kier molecular flexibility index (Phi) is 1.90. The number of ether oxygens (including phenoxy) is 1. The van der Waals surface area contributed by atoms with E-state index in [4.69, 9.17) is 4.74 Å². The maximum absolute atomic E-state index is 11.7. The summed E-state index contributed by atoms with van der Waals surface area (Å²) in [5.74, 6) is 1.75. The molecule has 3 fully saturated rings. The van der Waals surface area contributed by atoms with Crippen LogP contribution in [0.25, 0.3) is 0 Å². The van der Waals surface area contributed by atoms with Gasteiger partial charge in [0.25, 0.3) is 0 Å². The lowest BCUT2D eigenvalue weighted by Crippen LogP contribution is -2.30. The first-order valence-corrected chi connectivity index (χ1v) is 5.18. The molecule has 0 saturated heterocycles. The van der Waals surface area contributed by atoms with Crippen LogP contribution in [0.4, 0.5) is 0 Å². The monoisotopic (exact) mass is 182 g/mol. The van der Waals surface area contributed by atoms with Crippen molar-refractivity contribution in [2.24, 2.45) is 17.8 Å². The van der Waals surface area contributed by atoms with E-state index in [-0.39, 0.29) is 17.5 Å². The molecular formula is C11H18O2. The lowest BCUT2D eigenvalue weighted by Gasteiger charge is -2.26. The van der Waals surface area contributed by atoms with Gasteiger partial charge in [-0.25, -0.2) is 0 Å². The largest absolute Gasteiger partial charge is 0.460 e. The molecule has 0 radical (unpaired) electrons. The summed E-state index contributed by atoms with van der Waals surface area (Å²) in [6, 6.07) is 0. The van der Waals surface area contributed by atoms with Gasteiger partial charge in [0, 0.05) is 0 Å². The SMILES string of the molecule is CC(C)(C)OC(=O)C1CC2CC1C2. The van der Waals surface area contributed by atoms with Crippen molar-refractivity contribution in [2.45, 2.75) is 45.6 Å². The van der Waals surface area contributed by atoms with Crippen molar-refractivity contribution >= 4 is 5.97 Å². The highest BCUT2D eigenvalue weighted by Crippen LogP contribution is 2.52. The van der Waals surface area contributed by atoms with Gasteiger partial charge in [0.15, 0.2) is 0 Å². The molecule has 3 saturated carbocycles. The van der Waals surface area contributed by atoms with Crippen molar-refractivity contribution in [1.82, 2.24) is 0 Å². The maximum Gasteiger partial charge on any atom is 0.309 e. The Labute approximate surface area is 79.7 Å². The van der Waals surface area contributed by atoms with Crippen LogP contribution >= 0.6 is 0 Å². The molecule has 1 atom stereocenters. The number of fused-ring (bicyclic) bond motifs is 1. The number of hydrogen-bond donors (Lipinski definition) is 0. The summed E-state index contributed by atoms with van der Waals surface area (Å²) in [6.07, 6.45) is 3.62. The van der Waals surface area contributed by atoms with E-state index in [0.29, 0.717) is 5.92 Å². The van der Waals surface area contributed by atoms with Gasteiger partial charge >= 0.3 is 5.97 Å². The fourth-order valence-corrected chi connectivity index (χ4v) is 2.53. The maximum atomic E-state index is 11.7. The topological polar surface area (TPSA) is 26.3 Å². The number of carbonyl (C=O) groups excluding carboxylic acids is 1. The van der Waals surface area contributed by atoms with Gasteiger partial charge < -0.3 is 4.74 Å². The molecule has 3 aliphatic carbocycles. The standard InChI is InChI=1S/C11H18O2/c1-11(2,3)13-10(12)9-6-7-4-8(9)5-7/h7-9H,4-6H2,1-3H3. The Morgan fingerprint density at radius 3 is 2.23 bits per heavy atom. The molecule has 1 unspecified atom stereocenters. The average Bonchev–Trinajstić information content (AvgIpc) is 2.34. The molecule has 3 aliphatic rings. The summed E-state index contributed by atoms with van der Waals surface area (Å²) in [4.78, 5) is 11.7. The van der Waals surface area contributed by atoms with Gasteiger partial charge in [-0.1, -0.05) is 0 Å². The molecule has 0 N–H and O–H groups in total. The van der Waals surface area contributed by atoms with E-state index in [0.717, 1.165) is 12.3 Å². The van der Waals surface area contributed by atoms with Crippen LogP contribution in [0.2, 0.25) is 0 Å². The van der Waals surface area contributed by atoms with E-state index in [1.54, 1.807) is 0 Å². The number of rotatable bonds is 1. The van der Waals surface area contributed by atoms with Crippen LogP contribution in [0.5, 0.6) is 0 Å². The van der Waals surface area contributed by atoms with Gasteiger partial charge in [0.05, 0.1) is 5.92 Å². The van der Waals surface area contributed by atoms with Crippen molar-refractivity contribution < 1.29 is 9.53 Å². The minimum absolute atomic E-state index is 0.0394. The van der Waals surface area contributed by atoms with Gasteiger partial charge in [-0.2, -0.15) is 0 Å². The highest BCUT2D eigenvalue weighted by molar-refractivity contribution is 5.74. The number of esters is 1. The average molecular weight is 182 g/mol. The second kappa shape index (κ2) is 2.73. The van der Waals surface area contributed by atoms with Gasteiger partial charge in [-0.05, 0) is 51.9 Å². The first kappa shape index (κ1) is 9.04. The summed E-state index contributed by atoms with van der Waals surface area (Å²) in [6.45, 7) is 5.80. The molecular weight excluding hydrogens is 164 g/mol. The molecule has 2 bridgehead atoms. The predicted molar refractivity (Wildman–Crippen MR) is 50.2 cm³/mol. The van der Waals surface area contributed by atoms with Crippen molar-refractivity contribution in [3.63, 3.8) is 0 Å². The van der Waals surface area contributed by atoms with E-state index >= 15 is 0 Å². The van der Waals surface area contributed by atoms with Crippen LogP contribution < -0.4 is 0 Å². The van der Waals surface area contributed by atoms with Crippen LogP contribution in [0.3, 0.4) is 0 Å². The first-order valence-electron chi connectivity index (χ1n) is 5.18. The lowest BCUT2D eigenvalue weighted by atomic mass is 9.82. The van der Waals surface area contributed by atoms with Gasteiger partial charge in [0.2, 0.25) is 0 Å². The third-order valence-electron chi connectivity index (χ3n) is 3.14. The Morgan fingerprint density at radius 2 is 1.85 bits per heavy atom. The van der Waals surface area contributed by atoms with Crippen LogP contribution in [-0.4, -0.2) is 11.6 Å². The number of carbonyl (C=O) groups is 1. The zero-order valence-corrected chi connectivity index (χ0v) is 8.67. The highest BCUT2D eigenvalue weighted by atomic mass is 16.6. The number of hydrogen-bond acceptors (Lipinski definition) is 2. The molecule has 0 amide bonds. The summed E-state index contributed by atoms with van der Waals surface area (Å²) in [5.41, 5.74) is -0.315. The van der Waals surface area contributed by atoms with Crippen molar-refractivity contribution in [2.75, 3.05) is 0 Å². The van der Waals surface area contributed by atoms with Gasteiger partial charge in [0.1, 0.15) is 5.60 Å². The molecule has 0 aliphatic heterocycles. The van der Waals surface area contributed by atoms with E-state index in [2.05, 4.69) is 0 Å². The molecule has 0 aromatic rings. The summed E-state index contributed by atoms with van der Waals surface area (Å²) in [7, 11) is 0. The predicted octanol–water partition coefficient (Wildman–Crippen LogP) is 2.37. The van der Waals surface area contributed by atoms with E-state index in [9.17, 15) is 4.79 Å². The van der Waals surface area contributed by atoms with Crippen LogP contribution in [-0.2, 0) is 9.53 Å². The van der Waals surface area contributed by atoms with Crippen LogP contribution in [0.1, 0.15) is 40.0 Å². The van der Waals surface area contributed by atoms with E-state index in [1.165, 1.54) is 12.8 Å². The Balaban J connectivity index is 1.91. The summed E-state index contributed by atoms with van der Waals surface area (Å²) >= 11 is 0. The second-order valence-electron chi connectivity index (χ2n) is 5.47. The minimum atomic E-state index is -0.315. The molecule has 13 heavy (non-hydrogen) atoms. The van der Waals surface area contributed by atoms with Crippen LogP contribution in [0, 0.1) is 17.8 Å². The third-order valence-corrected chi connectivity index (χ3v) is 3.14. The third kappa shape index (κ3) is 1.72. The molecule has 2 nitrogen and oxygen atoms in total. The first-order chi connectivity index (χ1) is 5.96. The molecule has 0 heterocycles. The Hall–Kier alpha value is -0.530. The fraction of sp³-hybridized carbons (Fsp3) is 0.909. The zero-order valence-electron chi connectivity index (χ0n) is 8.67.